The van der Waals surface area contributed by atoms with Gasteiger partial charge in [0.05, 0.1) is 0 Å². The van der Waals surface area contributed by atoms with E-state index >= 15 is 0 Å². The van der Waals surface area contributed by atoms with E-state index in [0.29, 0.717) is 17.2 Å². The van der Waals surface area contributed by atoms with Crippen molar-refractivity contribution in [1.29, 1.82) is 0 Å². The van der Waals surface area contributed by atoms with Crippen LogP contribution in [0.1, 0.15) is 20.3 Å². The van der Waals surface area contributed by atoms with Gasteiger partial charge in [-0.15, -0.1) is 11.8 Å². The number of rotatable bonds is 7. The lowest BCUT2D eigenvalue weighted by molar-refractivity contribution is -0.122. The zero-order valence-electron chi connectivity index (χ0n) is 10.7. The summed E-state index contributed by atoms with van der Waals surface area (Å²) in [6.07, 6.45) is 0.910. The number of nitrogens with two attached hydrogens (primary N) is 1. The molecule has 0 spiro atoms. The number of halogens is 1. The van der Waals surface area contributed by atoms with Crippen LogP contribution in [-0.2, 0) is 4.79 Å². The van der Waals surface area contributed by atoms with Crippen molar-refractivity contribution < 1.29 is 9.18 Å². The fraction of sp³-hybridized carbons (Fsp3) is 0.462. The highest BCUT2D eigenvalue weighted by Gasteiger charge is 2.30. The largest absolute Gasteiger partial charge is 0.368 e. The number of carbonyl (C=O) groups excluding carboxylic acids is 1. The molecule has 1 atom stereocenters. The smallest absolute Gasteiger partial charge is 0.238 e. The van der Waals surface area contributed by atoms with Crippen molar-refractivity contribution in [2.24, 2.45) is 5.73 Å². The number of carbonyl (C=O) groups is 1. The number of thioether (sulfide) groups is 1. The summed E-state index contributed by atoms with van der Waals surface area (Å²) in [4.78, 5) is 12.0. The fourth-order valence-corrected chi connectivity index (χ4v) is 2.46. The maximum Gasteiger partial charge on any atom is 0.238 e. The highest BCUT2D eigenvalue weighted by molar-refractivity contribution is 7.99. The molecular weight excluding hydrogens is 251 g/mol. The van der Waals surface area contributed by atoms with Crippen LogP contribution in [0.25, 0.3) is 0 Å². The van der Waals surface area contributed by atoms with Crippen LogP contribution in [-0.4, -0.2) is 23.7 Å². The predicted molar refractivity (Wildman–Crippen MR) is 73.0 cm³/mol. The minimum atomic E-state index is -0.817. The van der Waals surface area contributed by atoms with Crippen LogP contribution in [0, 0.1) is 5.82 Å². The first kappa shape index (κ1) is 15.0. The van der Waals surface area contributed by atoms with Gasteiger partial charge in [0, 0.05) is 10.6 Å². The lowest BCUT2D eigenvalue weighted by Crippen LogP contribution is -2.55. The normalized spacial score (nSPS) is 14.2. The van der Waals surface area contributed by atoms with E-state index < -0.39 is 11.4 Å². The predicted octanol–water partition coefficient (Wildman–Crippen LogP) is 2.16. The minimum Gasteiger partial charge on any atom is -0.368 e. The summed E-state index contributed by atoms with van der Waals surface area (Å²) in [7, 11) is 0. The van der Waals surface area contributed by atoms with Gasteiger partial charge >= 0.3 is 0 Å². The molecule has 3 N–H and O–H groups in total. The van der Waals surface area contributed by atoms with Gasteiger partial charge in [0.1, 0.15) is 11.4 Å². The summed E-state index contributed by atoms with van der Waals surface area (Å²) in [5, 5.41) is 3.12. The minimum absolute atomic E-state index is 0.273. The number of amides is 1. The highest BCUT2D eigenvalue weighted by Crippen LogP contribution is 2.25. The second kappa shape index (κ2) is 6.75. The molecule has 0 bridgehead atoms. The molecule has 0 saturated heterocycles. The molecular formula is C13H19FN2OS. The van der Waals surface area contributed by atoms with Crippen LogP contribution in [0.5, 0.6) is 0 Å². The third kappa shape index (κ3) is 3.99. The van der Waals surface area contributed by atoms with Gasteiger partial charge in [-0.2, -0.15) is 0 Å². The SMILES string of the molecule is CCCNC(C)(CSc1ccccc1F)C(N)=O. The van der Waals surface area contributed by atoms with Crippen molar-refractivity contribution in [3.63, 3.8) is 0 Å². The standard InChI is InChI=1S/C13H19FN2OS/c1-3-8-16-13(2,12(15)17)9-18-11-7-5-4-6-10(11)14/h4-7,16H,3,8-9H2,1-2H3,(H2,15,17). The molecule has 0 radical (unpaired) electrons. The molecule has 1 aromatic rings. The summed E-state index contributed by atoms with van der Waals surface area (Å²) in [6.45, 7) is 4.47. The summed E-state index contributed by atoms with van der Waals surface area (Å²) in [5.41, 5.74) is 4.59. The Morgan fingerprint density at radius 1 is 1.50 bits per heavy atom. The van der Waals surface area contributed by atoms with Gasteiger partial charge in [0.25, 0.3) is 0 Å². The van der Waals surface area contributed by atoms with Crippen molar-refractivity contribution in [2.45, 2.75) is 30.7 Å². The Morgan fingerprint density at radius 2 is 2.17 bits per heavy atom. The van der Waals surface area contributed by atoms with Crippen LogP contribution in [0.4, 0.5) is 4.39 Å². The van der Waals surface area contributed by atoms with E-state index in [1.165, 1.54) is 17.8 Å². The first-order valence-corrected chi connectivity index (χ1v) is 6.90. The van der Waals surface area contributed by atoms with E-state index in [1.54, 1.807) is 25.1 Å². The third-order valence-corrected chi connectivity index (χ3v) is 4.03. The van der Waals surface area contributed by atoms with E-state index in [0.717, 1.165) is 6.42 Å². The summed E-state index contributed by atoms with van der Waals surface area (Å²) in [6, 6.07) is 6.51. The van der Waals surface area contributed by atoms with Crippen molar-refractivity contribution in [1.82, 2.24) is 5.32 Å². The quantitative estimate of drug-likeness (QED) is 0.747. The lowest BCUT2D eigenvalue weighted by atomic mass is 10.1. The Balaban J connectivity index is 2.68. The summed E-state index contributed by atoms with van der Waals surface area (Å²) in [5.74, 6) is -0.284. The highest BCUT2D eigenvalue weighted by atomic mass is 32.2. The molecule has 1 rings (SSSR count). The average molecular weight is 270 g/mol. The number of hydrogen-bond acceptors (Lipinski definition) is 3. The molecule has 1 amide bonds. The molecule has 3 nitrogen and oxygen atoms in total. The second-order valence-corrected chi connectivity index (χ2v) is 5.36. The zero-order valence-corrected chi connectivity index (χ0v) is 11.5. The Kier molecular flexibility index (Phi) is 5.62. The van der Waals surface area contributed by atoms with E-state index in [9.17, 15) is 9.18 Å². The lowest BCUT2D eigenvalue weighted by Gasteiger charge is -2.27. The molecule has 1 unspecified atom stereocenters. The number of benzene rings is 1. The van der Waals surface area contributed by atoms with Gasteiger partial charge in [-0.3, -0.25) is 4.79 Å². The average Bonchev–Trinajstić information content (AvgIpc) is 2.35. The van der Waals surface area contributed by atoms with Crippen molar-refractivity contribution in [3.05, 3.63) is 30.1 Å². The Morgan fingerprint density at radius 3 is 2.72 bits per heavy atom. The van der Waals surface area contributed by atoms with E-state index in [2.05, 4.69) is 5.32 Å². The number of hydrogen-bond donors (Lipinski definition) is 2. The van der Waals surface area contributed by atoms with Gasteiger partial charge in [0.15, 0.2) is 0 Å². The van der Waals surface area contributed by atoms with Crippen LogP contribution in [0.2, 0.25) is 0 Å². The van der Waals surface area contributed by atoms with Crippen LogP contribution < -0.4 is 11.1 Å². The second-order valence-electron chi connectivity index (χ2n) is 4.34. The Bertz CT molecular complexity index is 414. The maximum absolute atomic E-state index is 13.5. The molecule has 18 heavy (non-hydrogen) atoms. The molecule has 5 heteroatoms. The zero-order chi connectivity index (χ0) is 13.6. The molecule has 100 valence electrons. The molecule has 0 saturated carbocycles. The fourth-order valence-electron chi connectivity index (χ4n) is 1.39. The first-order chi connectivity index (χ1) is 8.49. The number of nitrogens with one attached hydrogen (secondary N) is 1. The molecule has 0 aliphatic carbocycles. The summed E-state index contributed by atoms with van der Waals surface area (Å²) >= 11 is 1.29. The van der Waals surface area contributed by atoms with Crippen molar-refractivity contribution in [3.8, 4) is 0 Å². The topological polar surface area (TPSA) is 55.1 Å². The molecule has 0 aliphatic rings. The van der Waals surface area contributed by atoms with Gasteiger partial charge in [-0.1, -0.05) is 19.1 Å². The molecule has 1 aromatic carbocycles. The molecule has 0 heterocycles. The molecule has 0 fully saturated rings. The molecule has 0 aliphatic heterocycles. The summed E-state index contributed by atoms with van der Waals surface area (Å²) < 4.78 is 13.5. The van der Waals surface area contributed by atoms with Crippen LogP contribution in [0.15, 0.2) is 29.2 Å². The van der Waals surface area contributed by atoms with Crippen molar-refractivity contribution >= 4 is 17.7 Å². The number of primary amides is 1. The third-order valence-electron chi connectivity index (χ3n) is 2.66. The van der Waals surface area contributed by atoms with Crippen LogP contribution >= 0.6 is 11.8 Å². The maximum atomic E-state index is 13.5. The Labute approximate surface area is 111 Å². The Hall–Kier alpha value is -1.07. The van der Waals surface area contributed by atoms with Gasteiger partial charge in [-0.05, 0) is 32.0 Å². The first-order valence-electron chi connectivity index (χ1n) is 5.92. The van der Waals surface area contributed by atoms with Crippen molar-refractivity contribution in [2.75, 3.05) is 12.3 Å². The van der Waals surface area contributed by atoms with Gasteiger partial charge in [-0.25, -0.2) is 4.39 Å². The van der Waals surface area contributed by atoms with Gasteiger partial charge in [0.2, 0.25) is 5.91 Å². The van der Waals surface area contributed by atoms with E-state index in [1.807, 2.05) is 6.92 Å². The molecule has 0 aromatic heterocycles. The van der Waals surface area contributed by atoms with E-state index in [-0.39, 0.29) is 5.82 Å². The van der Waals surface area contributed by atoms with E-state index in [4.69, 9.17) is 5.73 Å². The van der Waals surface area contributed by atoms with Gasteiger partial charge < -0.3 is 11.1 Å². The monoisotopic (exact) mass is 270 g/mol. The van der Waals surface area contributed by atoms with Crippen LogP contribution in [0.3, 0.4) is 0 Å².